The van der Waals surface area contributed by atoms with Crippen LogP contribution in [0.1, 0.15) is 23.2 Å². The van der Waals surface area contributed by atoms with Crippen LogP contribution in [0.3, 0.4) is 0 Å². The lowest BCUT2D eigenvalue weighted by Gasteiger charge is -2.36. The van der Waals surface area contributed by atoms with E-state index in [9.17, 15) is 14.7 Å². The minimum Gasteiger partial charge on any atom is -0.507 e. The van der Waals surface area contributed by atoms with Crippen LogP contribution < -0.4 is 5.32 Å². The SMILES string of the molecule is O=C1NCC2C1CCCN2C(=O)c1cc(Cl)ccc1O. The molecule has 2 aliphatic rings. The Morgan fingerprint density at radius 3 is 3.05 bits per heavy atom. The highest BCUT2D eigenvalue weighted by molar-refractivity contribution is 6.31. The van der Waals surface area contributed by atoms with Gasteiger partial charge in [-0.05, 0) is 31.0 Å². The molecule has 2 fully saturated rings. The molecule has 2 amide bonds. The van der Waals surface area contributed by atoms with Crippen LogP contribution in [0.15, 0.2) is 18.2 Å². The highest BCUT2D eigenvalue weighted by Crippen LogP contribution is 2.31. The van der Waals surface area contributed by atoms with Gasteiger partial charge in [0.05, 0.1) is 17.5 Å². The zero-order valence-electron chi connectivity index (χ0n) is 10.8. The minimum absolute atomic E-state index is 0.0165. The maximum absolute atomic E-state index is 12.6. The fourth-order valence-corrected chi connectivity index (χ4v) is 3.21. The summed E-state index contributed by atoms with van der Waals surface area (Å²) in [5.41, 5.74) is 0.192. The number of phenols is 1. The second-order valence-electron chi connectivity index (χ2n) is 5.22. The zero-order valence-corrected chi connectivity index (χ0v) is 11.6. The fraction of sp³-hybridized carbons (Fsp3) is 0.429. The van der Waals surface area contributed by atoms with Crippen molar-refractivity contribution in [3.63, 3.8) is 0 Å². The molecule has 2 saturated heterocycles. The van der Waals surface area contributed by atoms with Gasteiger partial charge < -0.3 is 15.3 Å². The topological polar surface area (TPSA) is 69.6 Å². The first kappa shape index (κ1) is 13.2. The number of rotatable bonds is 1. The summed E-state index contributed by atoms with van der Waals surface area (Å²) in [5.74, 6) is -0.466. The van der Waals surface area contributed by atoms with Gasteiger partial charge in [-0.1, -0.05) is 11.6 Å². The Labute approximate surface area is 121 Å². The van der Waals surface area contributed by atoms with E-state index >= 15 is 0 Å². The Morgan fingerprint density at radius 1 is 1.45 bits per heavy atom. The number of halogens is 1. The van der Waals surface area contributed by atoms with Gasteiger partial charge in [-0.15, -0.1) is 0 Å². The van der Waals surface area contributed by atoms with Crippen molar-refractivity contribution < 1.29 is 14.7 Å². The van der Waals surface area contributed by atoms with Gasteiger partial charge in [0.25, 0.3) is 5.91 Å². The van der Waals surface area contributed by atoms with Gasteiger partial charge in [0.15, 0.2) is 0 Å². The first-order valence-electron chi connectivity index (χ1n) is 6.65. The molecule has 0 saturated carbocycles. The number of nitrogens with zero attached hydrogens (tertiary/aromatic N) is 1. The molecule has 2 aliphatic heterocycles. The summed E-state index contributed by atoms with van der Waals surface area (Å²) in [6.07, 6.45) is 1.60. The van der Waals surface area contributed by atoms with E-state index in [2.05, 4.69) is 5.32 Å². The quantitative estimate of drug-likeness (QED) is 0.822. The molecule has 2 N–H and O–H groups in total. The van der Waals surface area contributed by atoms with Crippen molar-refractivity contribution in [3.8, 4) is 5.75 Å². The number of hydrogen-bond donors (Lipinski definition) is 2. The predicted molar refractivity (Wildman–Crippen MR) is 73.7 cm³/mol. The average molecular weight is 295 g/mol. The minimum atomic E-state index is -0.267. The summed E-state index contributed by atoms with van der Waals surface area (Å²) in [7, 11) is 0. The van der Waals surface area contributed by atoms with Gasteiger partial charge in [0, 0.05) is 18.1 Å². The Hall–Kier alpha value is -1.75. The van der Waals surface area contributed by atoms with Gasteiger partial charge in [-0.25, -0.2) is 0 Å². The van der Waals surface area contributed by atoms with E-state index in [0.717, 1.165) is 12.8 Å². The molecule has 106 valence electrons. The van der Waals surface area contributed by atoms with Gasteiger partial charge in [0.2, 0.25) is 5.91 Å². The van der Waals surface area contributed by atoms with Crippen molar-refractivity contribution >= 4 is 23.4 Å². The van der Waals surface area contributed by atoms with E-state index in [1.165, 1.54) is 18.2 Å². The molecule has 0 bridgehead atoms. The second-order valence-corrected chi connectivity index (χ2v) is 5.66. The molecule has 5 nitrogen and oxygen atoms in total. The van der Waals surface area contributed by atoms with E-state index in [1.807, 2.05) is 0 Å². The lowest BCUT2D eigenvalue weighted by Crippen LogP contribution is -2.48. The van der Waals surface area contributed by atoms with Crippen LogP contribution in [-0.4, -0.2) is 41.0 Å². The highest BCUT2D eigenvalue weighted by Gasteiger charge is 2.43. The monoisotopic (exact) mass is 294 g/mol. The standard InChI is InChI=1S/C14H15ClN2O3/c15-8-3-4-12(18)10(6-8)14(20)17-5-1-2-9-11(17)7-16-13(9)19/h3-4,6,9,11,18H,1-2,5,7H2,(H,16,19). The number of carbonyl (C=O) groups is 2. The average Bonchev–Trinajstić information content (AvgIpc) is 2.83. The molecule has 20 heavy (non-hydrogen) atoms. The Kier molecular flexibility index (Phi) is 3.30. The smallest absolute Gasteiger partial charge is 0.257 e. The summed E-state index contributed by atoms with van der Waals surface area (Å²) in [5, 5.41) is 13.0. The van der Waals surface area contributed by atoms with Crippen molar-refractivity contribution in [1.29, 1.82) is 0 Å². The number of nitrogens with one attached hydrogen (secondary N) is 1. The molecule has 6 heteroatoms. The van der Waals surface area contributed by atoms with E-state index < -0.39 is 0 Å². The van der Waals surface area contributed by atoms with Crippen molar-refractivity contribution in [2.24, 2.45) is 5.92 Å². The number of aromatic hydroxyl groups is 1. The number of hydrogen-bond acceptors (Lipinski definition) is 3. The molecule has 0 radical (unpaired) electrons. The third-order valence-electron chi connectivity index (χ3n) is 4.05. The molecule has 0 spiro atoms. The first-order chi connectivity index (χ1) is 9.58. The fourth-order valence-electron chi connectivity index (χ4n) is 3.04. The molecule has 2 unspecified atom stereocenters. The zero-order chi connectivity index (χ0) is 14.3. The molecular weight excluding hydrogens is 280 g/mol. The molecule has 3 rings (SSSR count). The molecule has 1 aromatic carbocycles. The number of piperidine rings is 1. The predicted octanol–water partition coefficient (Wildman–Crippen LogP) is 1.40. The lowest BCUT2D eigenvalue weighted by molar-refractivity contribution is -0.123. The van der Waals surface area contributed by atoms with E-state index in [-0.39, 0.29) is 35.1 Å². The van der Waals surface area contributed by atoms with Crippen LogP contribution in [0.4, 0.5) is 0 Å². The van der Waals surface area contributed by atoms with Crippen molar-refractivity contribution in [2.75, 3.05) is 13.1 Å². The lowest BCUT2D eigenvalue weighted by atomic mass is 9.91. The molecule has 0 aromatic heterocycles. The van der Waals surface area contributed by atoms with Gasteiger partial charge in [-0.3, -0.25) is 9.59 Å². The first-order valence-corrected chi connectivity index (χ1v) is 7.03. The van der Waals surface area contributed by atoms with Crippen LogP contribution in [-0.2, 0) is 4.79 Å². The normalized spacial score (nSPS) is 25.2. The summed E-state index contributed by atoms with van der Waals surface area (Å²) in [4.78, 5) is 26.0. The second kappa shape index (κ2) is 4.98. The maximum atomic E-state index is 12.6. The third kappa shape index (κ3) is 2.12. The van der Waals surface area contributed by atoms with Crippen LogP contribution in [0.25, 0.3) is 0 Å². The number of fused-ring (bicyclic) bond motifs is 1. The number of amides is 2. The Balaban J connectivity index is 1.90. The molecule has 1 aromatic rings. The largest absolute Gasteiger partial charge is 0.507 e. The molecule has 2 heterocycles. The number of benzene rings is 1. The van der Waals surface area contributed by atoms with Gasteiger partial charge in [-0.2, -0.15) is 0 Å². The summed E-state index contributed by atoms with van der Waals surface area (Å²) in [6.45, 7) is 1.08. The van der Waals surface area contributed by atoms with Gasteiger partial charge in [0.1, 0.15) is 5.75 Å². The Bertz CT molecular complexity index is 576. The van der Waals surface area contributed by atoms with Crippen LogP contribution in [0.2, 0.25) is 5.02 Å². The van der Waals surface area contributed by atoms with E-state index in [4.69, 9.17) is 11.6 Å². The van der Waals surface area contributed by atoms with Crippen molar-refractivity contribution in [1.82, 2.24) is 10.2 Å². The van der Waals surface area contributed by atoms with Crippen LogP contribution in [0, 0.1) is 5.92 Å². The number of phenolic OH excluding ortho intramolecular Hbond substituents is 1. The van der Waals surface area contributed by atoms with Crippen molar-refractivity contribution in [3.05, 3.63) is 28.8 Å². The third-order valence-corrected chi connectivity index (χ3v) is 4.29. The number of carbonyl (C=O) groups excluding carboxylic acids is 2. The molecule has 0 aliphatic carbocycles. The van der Waals surface area contributed by atoms with E-state index in [0.29, 0.717) is 18.1 Å². The Morgan fingerprint density at radius 2 is 2.25 bits per heavy atom. The van der Waals surface area contributed by atoms with Crippen LogP contribution >= 0.6 is 11.6 Å². The van der Waals surface area contributed by atoms with Crippen LogP contribution in [0.5, 0.6) is 5.75 Å². The number of likely N-dealkylation sites (tertiary alicyclic amines) is 1. The van der Waals surface area contributed by atoms with Crippen molar-refractivity contribution in [2.45, 2.75) is 18.9 Å². The summed E-state index contributed by atoms with van der Waals surface area (Å²) < 4.78 is 0. The molecular formula is C14H15ClN2O3. The maximum Gasteiger partial charge on any atom is 0.257 e. The summed E-state index contributed by atoms with van der Waals surface area (Å²) in [6, 6.07) is 4.29. The van der Waals surface area contributed by atoms with Gasteiger partial charge >= 0.3 is 0 Å². The van der Waals surface area contributed by atoms with E-state index in [1.54, 1.807) is 4.90 Å². The summed E-state index contributed by atoms with van der Waals surface area (Å²) >= 11 is 5.89. The molecule has 2 atom stereocenters. The highest BCUT2D eigenvalue weighted by atomic mass is 35.5.